The molecule has 0 atom stereocenters. The molecule has 5 heteroatoms. The third kappa shape index (κ3) is 2.51. The van der Waals surface area contributed by atoms with Gasteiger partial charge >= 0.3 is 5.97 Å². The number of pyridine rings is 1. The van der Waals surface area contributed by atoms with Crippen molar-refractivity contribution in [3.05, 3.63) is 30.5 Å². The zero-order chi connectivity index (χ0) is 13.0. The topological polar surface area (TPSA) is 71.5 Å². The van der Waals surface area contributed by atoms with Crippen molar-refractivity contribution in [3.8, 4) is 5.75 Å². The number of hydrogen-bond donors (Lipinski definition) is 2. The van der Waals surface area contributed by atoms with Crippen LogP contribution in [-0.4, -0.2) is 29.7 Å². The molecule has 0 spiro atoms. The van der Waals surface area contributed by atoms with Crippen LogP contribution in [0.25, 0.3) is 10.8 Å². The van der Waals surface area contributed by atoms with Crippen LogP contribution >= 0.6 is 0 Å². The molecule has 1 heterocycles. The van der Waals surface area contributed by atoms with Crippen LogP contribution < -0.4 is 10.1 Å². The number of nitrogens with zero attached hydrogens (tertiary/aromatic N) is 1. The third-order valence-corrected chi connectivity index (χ3v) is 2.60. The van der Waals surface area contributed by atoms with Gasteiger partial charge in [-0.1, -0.05) is 12.1 Å². The molecule has 0 unspecified atom stereocenters. The van der Waals surface area contributed by atoms with E-state index in [9.17, 15) is 4.79 Å². The van der Waals surface area contributed by atoms with Crippen LogP contribution in [0.15, 0.2) is 30.5 Å². The number of rotatable bonds is 5. The van der Waals surface area contributed by atoms with Crippen LogP contribution in [0.3, 0.4) is 0 Å². The summed E-state index contributed by atoms with van der Waals surface area (Å²) in [5, 5.41) is 13.5. The molecular weight excluding hydrogens is 232 g/mol. The number of anilines is 1. The van der Waals surface area contributed by atoms with Gasteiger partial charge in [-0.05, 0) is 17.5 Å². The Morgan fingerprint density at radius 1 is 1.44 bits per heavy atom. The van der Waals surface area contributed by atoms with E-state index in [2.05, 4.69) is 10.3 Å². The van der Waals surface area contributed by atoms with E-state index in [1.807, 2.05) is 24.3 Å². The van der Waals surface area contributed by atoms with Crippen molar-refractivity contribution in [3.63, 3.8) is 0 Å². The Hall–Kier alpha value is -2.30. The molecular formula is C13H14N2O3. The molecule has 2 N–H and O–H groups in total. The minimum Gasteiger partial charge on any atom is -0.496 e. The smallest absolute Gasteiger partial charge is 0.305 e. The molecule has 0 saturated carbocycles. The van der Waals surface area contributed by atoms with E-state index in [1.54, 1.807) is 13.3 Å². The zero-order valence-electron chi connectivity index (χ0n) is 10.0. The van der Waals surface area contributed by atoms with Crippen molar-refractivity contribution in [1.82, 2.24) is 4.98 Å². The largest absolute Gasteiger partial charge is 0.496 e. The first kappa shape index (κ1) is 12.2. The van der Waals surface area contributed by atoms with E-state index >= 15 is 0 Å². The van der Waals surface area contributed by atoms with E-state index in [0.717, 1.165) is 16.5 Å². The fourth-order valence-electron chi connectivity index (χ4n) is 1.79. The second-order valence-electron chi connectivity index (χ2n) is 3.79. The van der Waals surface area contributed by atoms with Crippen molar-refractivity contribution in [1.29, 1.82) is 0 Å². The SMILES string of the molecule is COc1cccc2ccnc(NCCC(=O)O)c12. The van der Waals surface area contributed by atoms with Crippen LogP contribution in [0.4, 0.5) is 5.82 Å². The molecule has 0 bridgehead atoms. The fraction of sp³-hybridized carbons (Fsp3) is 0.231. The number of carboxylic acids is 1. The maximum absolute atomic E-state index is 10.5. The number of aromatic nitrogens is 1. The van der Waals surface area contributed by atoms with Gasteiger partial charge in [0.1, 0.15) is 11.6 Å². The second-order valence-corrected chi connectivity index (χ2v) is 3.79. The lowest BCUT2D eigenvalue weighted by molar-refractivity contribution is -0.136. The molecule has 2 rings (SSSR count). The highest BCUT2D eigenvalue weighted by Crippen LogP contribution is 2.30. The van der Waals surface area contributed by atoms with Crippen molar-refractivity contribution in [2.45, 2.75) is 6.42 Å². The Labute approximate surface area is 104 Å². The van der Waals surface area contributed by atoms with Gasteiger partial charge in [0.05, 0.1) is 18.9 Å². The molecule has 0 radical (unpaired) electrons. The highest BCUT2D eigenvalue weighted by molar-refractivity contribution is 5.96. The van der Waals surface area contributed by atoms with Gasteiger partial charge in [0, 0.05) is 12.7 Å². The monoisotopic (exact) mass is 246 g/mol. The maximum Gasteiger partial charge on any atom is 0.305 e. The first-order valence-electron chi connectivity index (χ1n) is 5.60. The molecule has 0 aliphatic rings. The lowest BCUT2D eigenvalue weighted by atomic mass is 10.1. The van der Waals surface area contributed by atoms with E-state index in [0.29, 0.717) is 12.4 Å². The van der Waals surface area contributed by atoms with E-state index in [1.165, 1.54) is 0 Å². The van der Waals surface area contributed by atoms with Gasteiger partial charge in [0.25, 0.3) is 0 Å². The van der Waals surface area contributed by atoms with E-state index in [4.69, 9.17) is 9.84 Å². The summed E-state index contributed by atoms with van der Waals surface area (Å²) in [4.78, 5) is 14.7. The number of fused-ring (bicyclic) bond motifs is 1. The van der Waals surface area contributed by atoms with Crippen LogP contribution in [0.5, 0.6) is 5.75 Å². The Morgan fingerprint density at radius 3 is 3.00 bits per heavy atom. The second kappa shape index (κ2) is 5.35. The number of methoxy groups -OCH3 is 1. The van der Waals surface area contributed by atoms with Gasteiger partial charge in [-0.3, -0.25) is 4.79 Å². The summed E-state index contributed by atoms with van der Waals surface area (Å²) in [6, 6.07) is 7.61. The number of ether oxygens (including phenoxy) is 1. The lowest BCUT2D eigenvalue weighted by Gasteiger charge is -2.10. The summed E-state index contributed by atoms with van der Waals surface area (Å²) in [5.41, 5.74) is 0. The molecule has 1 aromatic heterocycles. The number of carboxylic acid groups (broad SMARTS) is 1. The van der Waals surface area contributed by atoms with E-state index < -0.39 is 5.97 Å². The van der Waals surface area contributed by atoms with Crippen LogP contribution in [0.1, 0.15) is 6.42 Å². The van der Waals surface area contributed by atoms with Crippen LogP contribution in [-0.2, 0) is 4.79 Å². The van der Waals surface area contributed by atoms with E-state index in [-0.39, 0.29) is 6.42 Å². The minimum absolute atomic E-state index is 0.0488. The van der Waals surface area contributed by atoms with Gasteiger partial charge in [-0.25, -0.2) is 4.98 Å². The molecule has 0 fully saturated rings. The molecule has 0 aliphatic heterocycles. The molecule has 94 valence electrons. The highest BCUT2D eigenvalue weighted by atomic mass is 16.5. The van der Waals surface area contributed by atoms with Gasteiger partial charge in [0.15, 0.2) is 0 Å². The summed E-state index contributed by atoms with van der Waals surface area (Å²) in [6.07, 6.45) is 1.73. The first-order valence-corrected chi connectivity index (χ1v) is 5.60. The molecule has 0 aliphatic carbocycles. The van der Waals surface area contributed by atoms with Gasteiger partial charge in [0.2, 0.25) is 0 Å². The normalized spacial score (nSPS) is 10.3. The van der Waals surface area contributed by atoms with Crippen LogP contribution in [0, 0.1) is 0 Å². The Bertz CT molecular complexity index is 564. The predicted molar refractivity (Wildman–Crippen MR) is 69.0 cm³/mol. The molecule has 5 nitrogen and oxygen atoms in total. The summed E-state index contributed by atoms with van der Waals surface area (Å²) in [5.74, 6) is 0.527. The molecule has 0 saturated heterocycles. The number of benzene rings is 1. The predicted octanol–water partition coefficient (Wildman–Crippen LogP) is 2.13. The summed E-state index contributed by atoms with van der Waals surface area (Å²) in [7, 11) is 1.60. The third-order valence-electron chi connectivity index (χ3n) is 2.60. The zero-order valence-corrected chi connectivity index (χ0v) is 10.0. The van der Waals surface area contributed by atoms with Crippen molar-refractivity contribution in [2.24, 2.45) is 0 Å². The average molecular weight is 246 g/mol. The quantitative estimate of drug-likeness (QED) is 0.845. The fourth-order valence-corrected chi connectivity index (χ4v) is 1.79. The standard InChI is InChI=1S/C13H14N2O3/c1-18-10-4-2-3-9-5-7-14-13(12(9)10)15-8-6-11(16)17/h2-5,7H,6,8H2,1H3,(H,14,15)(H,16,17). The molecule has 1 aromatic carbocycles. The summed E-state index contributed by atoms with van der Waals surface area (Å²) < 4.78 is 5.30. The number of nitrogens with one attached hydrogen (secondary N) is 1. The minimum atomic E-state index is -0.838. The Balaban J connectivity index is 2.34. The Morgan fingerprint density at radius 2 is 2.28 bits per heavy atom. The van der Waals surface area contributed by atoms with Gasteiger partial charge in [-0.15, -0.1) is 0 Å². The number of aliphatic carboxylic acids is 1. The lowest BCUT2D eigenvalue weighted by Crippen LogP contribution is -2.09. The molecule has 2 aromatic rings. The Kier molecular flexibility index (Phi) is 3.62. The summed E-state index contributed by atoms with van der Waals surface area (Å²) >= 11 is 0. The highest BCUT2D eigenvalue weighted by Gasteiger charge is 2.08. The van der Waals surface area contributed by atoms with Crippen molar-refractivity contribution < 1.29 is 14.6 Å². The van der Waals surface area contributed by atoms with Gasteiger partial charge in [-0.2, -0.15) is 0 Å². The number of carbonyl (C=O) groups is 1. The van der Waals surface area contributed by atoms with Crippen LogP contribution in [0.2, 0.25) is 0 Å². The molecule has 0 amide bonds. The van der Waals surface area contributed by atoms with Crippen molar-refractivity contribution in [2.75, 3.05) is 19.0 Å². The summed E-state index contributed by atoms with van der Waals surface area (Å²) in [6.45, 7) is 0.333. The average Bonchev–Trinajstić information content (AvgIpc) is 2.37. The van der Waals surface area contributed by atoms with Gasteiger partial charge < -0.3 is 15.2 Å². The number of hydrogen-bond acceptors (Lipinski definition) is 4. The van der Waals surface area contributed by atoms with Crippen molar-refractivity contribution >= 4 is 22.6 Å². The molecule has 18 heavy (non-hydrogen) atoms. The maximum atomic E-state index is 10.5. The first-order chi connectivity index (χ1) is 8.72.